The molecule has 0 aliphatic carbocycles. The average molecular weight is 443 g/mol. The SMILES string of the molecule is Cc1c(CNCCc2ccccc2F)c2ccccc2n1Cc1ccccc1Cl.Cl. The highest BCUT2D eigenvalue weighted by molar-refractivity contribution is 6.31. The summed E-state index contributed by atoms with van der Waals surface area (Å²) in [6, 6.07) is 23.4. The van der Waals surface area contributed by atoms with E-state index < -0.39 is 0 Å². The van der Waals surface area contributed by atoms with Crippen LogP contribution in [-0.2, 0) is 19.5 Å². The van der Waals surface area contributed by atoms with Gasteiger partial charge < -0.3 is 9.88 Å². The molecule has 0 aliphatic rings. The maximum absolute atomic E-state index is 13.8. The van der Waals surface area contributed by atoms with Gasteiger partial charge in [0, 0.05) is 34.7 Å². The molecule has 3 aromatic carbocycles. The number of nitrogens with one attached hydrogen (secondary N) is 1. The number of aromatic nitrogens is 1. The Morgan fingerprint density at radius 3 is 2.33 bits per heavy atom. The highest BCUT2D eigenvalue weighted by Gasteiger charge is 2.14. The molecule has 4 aromatic rings. The third-order valence-corrected chi connectivity index (χ3v) is 5.85. The quantitative estimate of drug-likeness (QED) is 0.321. The topological polar surface area (TPSA) is 17.0 Å². The lowest BCUT2D eigenvalue weighted by molar-refractivity contribution is 0.597. The van der Waals surface area contributed by atoms with Gasteiger partial charge in [-0.15, -0.1) is 12.4 Å². The van der Waals surface area contributed by atoms with Crippen LogP contribution >= 0.6 is 24.0 Å². The molecule has 1 N–H and O–H groups in total. The summed E-state index contributed by atoms with van der Waals surface area (Å²) in [5.74, 6) is -0.137. The first-order valence-corrected chi connectivity index (χ1v) is 10.3. The van der Waals surface area contributed by atoms with Crippen molar-refractivity contribution in [3.63, 3.8) is 0 Å². The summed E-state index contributed by atoms with van der Waals surface area (Å²) >= 11 is 6.40. The maximum Gasteiger partial charge on any atom is 0.126 e. The van der Waals surface area contributed by atoms with Crippen LogP contribution in [0.25, 0.3) is 10.9 Å². The minimum atomic E-state index is -0.137. The van der Waals surface area contributed by atoms with E-state index in [1.165, 1.54) is 28.2 Å². The summed E-state index contributed by atoms with van der Waals surface area (Å²) < 4.78 is 16.1. The van der Waals surface area contributed by atoms with Gasteiger partial charge >= 0.3 is 0 Å². The third kappa shape index (κ3) is 4.70. The van der Waals surface area contributed by atoms with Crippen LogP contribution in [-0.4, -0.2) is 11.1 Å². The fourth-order valence-electron chi connectivity index (χ4n) is 3.86. The van der Waals surface area contributed by atoms with E-state index in [4.69, 9.17) is 11.6 Å². The molecule has 2 nitrogen and oxygen atoms in total. The minimum Gasteiger partial charge on any atom is -0.340 e. The molecule has 5 heteroatoms. The van der Waals surface area contributed by atoms with Gasteiger partial charge in [0.25, 0.3) is 0 Å². The van der Waals surface area contributed by atoms with Crippen LogP contribution in [0.5, 0.6) is 0 Å². The molecule has 0 saturated heterocycles. The molecule has 0 atom stereocenters. The van der Waals surface area contributed by atoms with Crippen molar-refractivity contribution < 1.29 is 4.39 Å². The van der Waals surface area contributed by atoms with Crippen LogP contribution < -0.4 is 5.32 Å². The summed E-state index contributed by atoms with van der Waals surface area (Å²) in [5.41, 5.74) is 5.57. The fraction of sp³-hybridized carbons (Fsp3) is 0.200. The molecule has 0 amide bonds. The number of hydrogen-bond donors (Lipinski definition) is 1. The predicted octanol–water partition coefficient (Wildman–Crippen LogP) is 6.54. The predicted molar refractivity (Wildman–Crippen MR) is 126 cm³/mol. The van der Waals surface area contributed by atoms with Crippen LogP contribution in [0.3, 0.4) is 0 Å². The van der Waals surface area contributed by atoms with E-state index in [0.717, 1.165) is 35.8 Å². The number of hydrogen-bond acceptors (Lipinski definition) is 1. The monoisotopic (exact) mass is 442 g/mol. The second-order valence-corrected chi connectivity index (χ2v) is 7.68. The van der Waals surface area contributed by atoms with Crippen molar-refractivity contribution >= 4 is 34.9 Å². The number of benzene rings is 3. The molecule has 0 unspecified atom stereocenters. The lowest BCUT2D eigenvalue weighted by Crippen LogP contribution is -2.17. The van der Waals surface area contributed by atoms with Gasteiger partial charge in [-0.3, -0.25) is 0 Å². The van der Waals surface area contributed by atoms with Crippen molar-refractivity contribution in [1.82, 2.24) is 9.88 Å². The van der Waals surface area contributed by atoms with Gasteiger partial charge in [-0.05, 0) is 54.8 Å². The van der Waals surface area contributed by atoms with Crippen LogP contribution in [0, 0.1) is 12.7 Å². The minimum absolute atomic E-state index is 0. The Labute approximate surface area is 188 Å². The van der Waals surface area contributed by atoms with E-state index in [2.05, 4.69) is 47.1 Å². The lowest BCUT2D eigenvalue weighted by atomic mass is 10.1. The Kier molecular flexibility index (Phi) is 7.54. The fourth-order valence-corrected chi connectivity index (χ4v) is 4.06. The molecular formula is C25H25Cl2FN2. The summed E-state index contributed by atoms with van der Waals surface area (Å²) in [6.07, 6.45) is 0.671. The van der Waals surface area contributed by atoms with Crippen molar-refractivity contribution in [3.8, 4) is 0 Å². The number of para-hydroxylation sites is 1. The van der Waals surface area contributed by atoms with Crippen LogP contribution in [0.15, 0.2) is 72.8 Å². The summed E-state index contributed by atoms with van der Waals surface area (Å²) in [5, 5.41) is 5.52. The Morgan fingerprint density at radius 2 is 1.57 bits per heavy atom. The standard InChI is InChI=1S/C25H24ClFN2.ClH/c1-18-22(16-28-15-14-19-8-3-6-12-24(19)27)21-10-4-7-13-25(21)29(18)17-20-9-2-5-11-23(20)26;/h2-13,28H,14-17H2,1H3;1H. The number of nitrogens with zero attached hydrogens (tertiary/aromatic N) is 1. The average Bonchev–Trinajstić information content (AvgIpc) is 3.00. The van der Waals surface area contributed by atoms with Crippen LogP contribution in [0.1, 0.15) is 22.4 Å². The molecule has 0 radical (unpaired) electrons. The van der Waals surface area contributed by atoms with E-state index in [1.54, 1.807) is 6.07 Å². The van der Waals surface area contributed by atoms with Crippen LogP contribution in [0.2, 0.25) is 5.02 Å². The molecule has 1 heterocycles. The van der Waals surface area contributed by atoms with Gasteiger partial charge in [0.2, 0.25) is 0 Å². The van der Waals surface area contributed by atoms with E-state index in [9.17, 15) is 4.39 Å². The zero-order valence-electron chi connectivity index (χ0n) is 16.9. The summed E-state index contributed by atoms with van der Waals surface area (Å²) in [4.78, 5) is 0. The van der Waals surface area contributed by atoms with Crippen molar-refractivity contribution in [3.05, 3.63) is 106 Å². The number of halogens is 3. The maximum atomic E-state index is 13.8. The van der Waals surface area contributed by atoms with Crippen molar-refractivity contribution in [1.29, 1.82) is 0 Å². The normalized spacial score (nSPS) is 10.9. The molecule has 0 fully saturated rings. The van der Waals surface area contributed by atoms with Gasteiger partial charge in [0.05, 0.1) is 0 Å². The van der Waals surface area contributed by atoms with Gasteiger partial charge in [0.15, 0.2) is 0 Å². The van der Waals surface area contributed by atoms with E-state index in [-0.39, 0.29) is 18.2 Å². The molecule has 30 heavy (non-hydrogen) atoms. The highest BCUT2D eigenvalue weighted by Crippen LogP contribution is 2.28. The van der Waals surface area contributed by atoms with Gasteiger partial charge in [-0.2, -0.15) is 0 Å². The van der Waals surface area contributed by atoms with Crippen molar-refractivity contribution in [2.45, 2.75) is 26.4 Å². The zero-order chi connectivity index (χ0) is 20.2. The lowest BCUT2D eigenvalue weighted by Gasteiger charge is -2.11. The van der Waals surface area contributed by atoms with Gasteiger partial charge in [-0.1, -0.05) is 66.2 Å². The first-order chi connectivity index (χ1) is 14.1. The van der Waals surface area contributed by atoms with E-state index in [1.807, 2.05) is 30.3 Å². The van der Waals surface area contributed by atoms with Gasteiger partial charge in [0.1, 0.15) is 5.82 Å². The van der Waals surface area contributed by atoms with Crippen molar-refractivity contribution in [2.75, 3.05) is 6.54 Å². The third-order valence-electron chi connectivity index (χ3n) is 5.48. The Morgan fingerprint density at radius 1 is 0.900 bits per heavy atom. The largest absolute Gasteiger partial charge is 0.340 e. The Bertz CT molecular complexity index is 1140. The Hall–Kier alpha value is -2.33. The smallest absolute Gasteiger partial charge is 0.126 e. The number of rotatable bonds is 7. The molecule has 0 bridgehead atoms. The summed E-state index contributed by atoms with van der Waals surface area (Å²) in [6.45, 7) is 4.37. The molecule has 156 valence electrons. The molecule has 0 aliphatic heterocycles. The molecule has 4 rings (SSSR count). The Balaban J connectivity index is 0.00000256. The second kappa shape index (κ2) is 10.1. The molecule has 0 saturated carbocycles. The molecule has 0 spiro atoms. The first-order valence-electron chi connectivity index (χ1n) is 9.89. The van der Waals surface area contributed by atoms with Crippen molar-refractivity contribution in [2.24, 2.45) is 0 Å². The van der Waals surface area contributed by atoms with E-state index >= 15 is 0 Å². The first kappa shape index (κ1) is 22.4. The summed E-state index contributed by atoms with van der Waals surface area (Å²) in [7, 11) is 0. The molecule has 1 aromatic heterocycles. The van der Waals surface area contributed by atoms with Crippen LogP contribution in [0.4, 0.5) is 4.39 Å². The van der Waals surface area contributed by atoms with Gasteiger partial charge in [-0.25, -0.2) is 4.39 Å². The highest BCUT2D eigenvalue weighted by atomic mass is 35.5. The number of fused-ring (bicyclic) bond motifs is 1. The molecular weight excluding hydrogens is 418 g/mol. The van der Waals surface area contributed by atoms with E-state index in [0.29, 0.717) is 6.42 Å². The second-order valence-electron chi connectivity index (χ2n) is 7.28. The zero-order valence-corrected chi connectivity index (χ0v) is 18.4.